The van der Waals surface area contributed by atoms with Crippen molar-refractivity contribution in [2.75, 3.05) is 13.1 Å². The number of imidazole rings is 1. The molecule has 1 saturated carbocycles. The number of rotatable bonds is 5. The number of aryl methyl sites for hydroxylation is 1. The van der Waals surface area contributed by atoms with Crippen LogP contribution in [0, 0.1) is 5.92 Å². The van der Waals surface area contributed by atoms with E-state index in [1.807, 2.05) is 47.0 Å². The Hall–Kier alpha value is -2.63. The molecule has 2 fully saturated rings. The van der Waals surface area contributed by atoms with Crippen molar-refractivity contribution >= 4 is 11.8 Å². The number of nitrogens with one attached hydrogen (secondary N) is 1. The van der Waals surface area contributed by atoms with E-state index in [4.69, 9.17) is 0 Å². The minimum atomic E-state index is -0.111. The third-order valence-electron chi connectivity index (χ3n) is 5.79. The van der Waals surface area contributed by atoms with Crippen molar-refractivity contribution in [1.29, 1.82) is 0 Å². The molecule has 1 unspecified atom stereocenters. The lowest BCUT2D eigenvalue weighted by Gasteiger charge is -2.24. The first-order valence-corrected chi connectivity index (χ1v) is 9.78. The summed E-state index contributed by atoms with van der Waals surface area (Å²) in [4.78, 5) is 31.5. The van der Waals surface area contributed by atoms with Gasteiger partial charge >= 0.3 is 0 Å². The lowest BCUT2D eigenvalue weighted by Crippen LogP contribution is -2.36. The third-order valence-corrected chi connectivity index (χ3v) is 5.79. The van der Waals surface area contributed by atoms with E-state index in [2.05, 4.69) is 10.3 Å². The van der Waals surface area contributed by atoms with Crippen molar-refractivity contribution in [2.24, 2.45) is 13.0 Å². The lowest BCUT2D eigenvalue weighted by atomic mass is 10.0. The number of carbonyl (C=O) groups excluding carboxylic acids is 2. The largest absolute Gasteiger partial charge is 0.352 e. The molecule has 0 radical (unpaired) electrons. The van der Waals surface area contributed by atoms with Gasteiger partial charge in [-0.25, -0.2) is 4.98 Å². The fourth-order valence-corrected chi connectivity index (χ4v) is 4.35. The van der Waals surface area contributed by atoms with Crippen LogP contribution in [0.5, 0.6) is 0 Å². The Morgan fingerprint density at radius 3 is 2.78 bits per heavy atom. The number of benzene rings is 1. The number of likely N-dealkylation sites (tertiary alicyclic amines) is 1. The molecule has 2 heterocycles. The summed E-state index contributed by atoms with van der Waals surface area (Å²) in [5.74, 6) is 1.10. The van der Waals surface area contributed by atoms with Gasteiger partial charge in [0.2, 0.25) is 5.91 Å². The van der Waals surface area contributed by atoms with Crippen LogP contribution in [0.25, 0.3) is 11.4 Å². The number of carbonyl (C=O) groups is 2. The first kappa shape index (κ1) is 17.8. The molecule has 1 aliphatic carbocycles. The van der Waals surface area contributed by atoms with E-state index < -0.39 is 0 Å². The second kappa shape index (κ2) is 7.55. The third kappa shape index (κ3) is 3.61. The Morgan fingerprint density at radius 1 is 1.26 bits per heavy atom. The smallest absolute Gasteiger partial charge is 0.252 e. The van der Waals surface area contributed by atoms with Crippen LogP contribution in [0.3, 0.4) is 0 Å². The molecule has 1 aromatic carbocycles. The standard InChI is InChI=1S/C21H26N4O2/c1-24-11-10-22-20(24)17-8-4-5-9-18(17)21(27)23-13-15-12-19(26)25(14-15)16-6-2-3-7-16/h4-5,8-11,15-16H,2-3,6-7,12-14H2,1H3,(H,23,27). The molecule has 6 nitrogen and oxygen atoms in total. The van der Waals surface area contributed by atoms with Gasteiger partial charge in [-0.2, -0.15) is 0 Å². The molecule has 142 valence electrons. The zero-order valence-corrected chi connectivity index (χ0v) is 15.7. The number of aromatic nitrogens is 2. The second-order valence-corrected chi connectivity index (χ2v) is 7.67. The zero-order chi connectivity index (χ0) is 18.8. The normalized spacial score (nSPS) is 20.4. The summed E-state index contributed by atoms with van der Waals surface area (Å²) in [6.45, 7) is 1.30. The minimum Gasteiger partial charge on any atom is -0.352 e. The molecule has 0 spiro atoms. The van der Waals surface area contributed by atoms with Gasteiger partial charge in [0.25, 0.3) is 5.91 Å². The van der Waals surface area contributed by atoms with Gasteiger partial charge in [0, 0.05) is 56.5 Å². The van der Waals surface area contributed by atoms with Gasteiger partial charge in [0.15, 0.2) is 0 Å². The highest BCUT2D eigenvalue weighted by Gasteiger charge is 2.35. The average Bonchev–Trinajstić information content (AvgIpc) is 3.41. The zero-order valence-electron chi connectivity index (χ0n) is 15.7. The maximum absolute atomic E-state index is 12.8. The highest BCUT2D eigenvalue weighted by molar-refractivity contribution is 6.00. The number of amides is 2. The number of hydrogen-bond acceptors (Lipinski definition) is 3. The molecule has 2 aliphatic rings. The van der Waals surface area contributed by atoms with E-state index in [-0.39, 0.29) is 17.7 Å². The highest BCUT2D eigenvalue weighted by Crippen LogP contribution is 2.29. The Labute approximate surface area is 159 Å². The van der Waals surface area contributed by atoms with Crippen molar-refractivity contribution in [1.82, 2.24) is 19.8 Å². The Bertz CT molecular complexity index is 838. The first-order valence-electron chi connectivity index (χ1n) is 9.78. The fourth-order valence-electron chi connectivity index (χ4n) is 4.35. The van der Waals surface area contributed by atoms with Crippen LogP contribution in [0.15, 0.2) is 36.7 Å². The SMILES string of the molecule is Cn1ccnc1-c1ccccc1C(=O)NCC1CC(=O)N(C2CCCC2)C1. The first-order chi connectivity index (χ1) is 13.1. The van der Waals surface area contributed by atoms with Crippen molar-refractivity contribution in [3.63, 3.8) is 0 Å². The van der Waals surface area contributed by atoms with Crippen molar-refractivity contribution < 1.29 is 9.59 Å². The van der Waals surface area contributed by atoms with E-state index in [0.29, 0.717) is 24.6 Å². The molecule has 4 rings (SSSR count). The van der Waals surface area contributed by atoms with Gasteiger partial charge < -0.3 is 14.8 Å². The average molecular weight is 366 g/mol. The van der Waals surface area contributed by atoms with E-state index >= 15 is 0 Å². The van der Waals surface area contributed by atoms with Gasteiger partial charge in [-0.05, 0) is 18.9 Å². The maximum Gasteiger partial charge on any atom is 0.252 e. The summed E-state index contributed by atoms with van der Waals surface area (Å²) >= 11 is 0. The molecule has 2 aromatic rings. The van der Waals surface area contributed by atoms with Gasteiger partial charge in [0.05, 0.1) is 5.56 Å². The molecule has 0 bridgehead atoms. The summed E-state index contributed by atoms with van der Waals surface area (Å²) in [5.41, 5.74) is 1.43. The van der Waals surface area contributed by atoms with Gasteiger partial charge in [-0.1, -0.05) is 31.0 Å². The van der Waals surface area contributed by atoms with Crippen LogP contribution in [0.1, 0.15) is 42.5 Å². The fraction of sp³-hybridized carbons (Fsp3) is 0.476. The van der Waals surface area contributed by atoms with E-state index in [1.165, 1.54) is 12.8 Å². The van der Waals surface area contributed by atoms with Crippen LogP contribution in [0.2, 0.25) is 0 Å². The van der Waals surface area contributed by atoms with Crippen molar-refractivity contribution in [3.8, 4) is 11.4 Å². The molecule has 1 aliphatic heterocycles. The van der Waals surface area contributed by atoms with Crippen LogP contribution < -0.4 is 5.32 Å². The van der Waals surface area contributed by atoms with E-state index in [1.54, 1.807) is 6.20 Å². The van der Waals surface area contributed by atoms with Crippen LogP contribution in [-0.4, -0.2) is 45.4 Å². The topological polar surface area (TPSA) is 67.2 Å². The van der Waals surface area contributed by atoms with E-state index in [9.17, 15) is 9.59 Å². The molecule has 1 aromatic heterocycles. The molecule has 1 atom stereocenters. The maximum atomic E-state index is 12.8. The van der Waals surface area contributed by atoms with Crippen LogP contribution in [-0.2, 0) is 11.8 Å². The molecular weight excluding hydrogens is 340 g/mol. The molecule has 27 heavy (non-hydrogen) atoms. The Morgan fingerprint density at radius 2 is 2.04 bits per heavy atom. The summed E-state index contributed by atoms with van der Waals surface area (Å²) < 4.78 is 1.90. The number of nitrogens with zero attached hydrogens (tertiary/aromatic N) is 3. The van der Waals surface area contributed by atoms with Gasteiger partial charge in [-0.15, -0.1) is 0 Å². The van der Waals surface area contributed by atoms with Crippen molar-refractivity contribution in [2.45, 2.75) is 38.1 Å². The monoisotopic (exact) mass is 366 g/mol. The summed E-state index contributed by atoms with van der Waals surface area (Å²) in [6.07, 6.45) is 8.83. The minimum absolute atomic E-state index is 0.111. The summed E-state index contributed by atoms with van der Waals surface area (Å²) in [7, 11) is 1.92. The quantitative estimate of drug-likeness (QED) is 0.884. The lowest BCUT2D eigenvalue weighted by molar-refractivity contribution is -0.129. The molecule has 1 N–H and O–H groups in total. The second-order valence-electron chi connectivity index (χ2n) is 7.67. The predicted molar refractivity (Wildman–Crippen MR) is 103 cm³/mol. The predicted octanol–water partition coefficient (Wildman–Crippen LogP) is 2.61. The highest BCUT2D eigenvalue weighted by atomic mass is 16.2. The van der Waals surface area contributed by atoms with Crippen LogP contribution >= 0.6 is 0 Å². The summed E-state index contributed by atoms with van der Waals surface area (Å²) in [5, 5.41) is 3.04. The van der Waals surface area contributed by atoms with Gasteiger partial charge in [0.1, 0.15) is 5.82 Å². The molecular formula is C21H26N4O2. The molecule has 6 heteroatoms. The number of hydrogen-bond donors (Lipinski definition) is 1. The van der Waals surface area contributed by atoms with Gasteiger partial charge in [-0.3, -0.25) is 9.59 Å². The Kier molecular flexibility index (Phi) is 4.97. The Balaban J connectivity index is 1.41. The van der Waals surface area contributed by atoms with Crippen molar-refractivity contribution in [3.05, 3.63) is 42.2 Å². The molecule has 1 saturated heterocycles. The molecule has 2 amide bonds. The summed E-state index contributed by atoms with van der Waals surface area (Å²) in [6, 6.07) is 7.93. The van der Waals surface area contributed by atoms with Crippen LogP contribution in [0.4, 0.5) is 0 Å². The van der Waals surface area contributed by atoms with E-state index in [0.717, 1.165) is 30.8 Å².